The highest BCUT2D eigenvalue weighted by molar-refractivity contribution is 5.92. The largest absolute Gasteiger partial charge is 0.481 e. The van der Waals surface area contributed by atoms with E-state index in [1.165, 1.54) is 0 Å². The molecule has 0 rings (SSSR count). The van der Waals surface area contributed by atoms with E-state index in [-0.39, 0.29) is 12.2 Å². The first kappa shape index (κ1) is 21.1. The summed E-state index contributed by atoms with van der Waals surface area (Å²) in [5, 5.41) is 8.43. The molecule has 126 valence electrons. The second-order valence-electron chi connectivity index (χ2n) is 4.74. The highest BCUT2D eigenvalue weighted by Crippen LogP contribution is 1.94. The van der Waals surface area contributed by atoms with Crippen LogP contribution in [-0.2, 0) is 9.59 Å². The smallest absolute Gasteiger partial charge is 0.307 e. The molecule has 0 unspecified atom stereocenters. The van der Waals surface area contributed by atoms with Gasteiger partial charge in [-0.1, -0.05) is 91.1 Å². The van der Waals surface area contributed by atoms with Gasteiger partial charge in [0.1, 0.15) is 0 Å². The van der Waals surface area contributed by atoms with Gasteiger partial charge in [-0.25, -0.2) is 0 Å². The first-order valence-electron chi connectivity index (χ1n) is 7.60. The van der Waals surface area contributed by atoms with Gasteiger partial charge in [-0.2, -0.15) is 0 Å². The molecule has 0 atom stereocenters. The van der Waals surface area contributed by atoms with Crippen molar-refractivity contribution in [3.05, 3.63) is 96.7 Å². The van der Waals surface area contributed by atoms with E-state index in [1.54, 1.807) is 38.2 Å². The van der Waals surface area contributed by atoms with Gasteiger partial charge in [-0.15, -0.1) is 0 Å². The zero-order chi connectivity index (χ0) is 18.0. The highest BCUT2D eigenvalue weighted by Gasteiger charge is 1.90. The van der Waals surface area contributed by atoms with Gasteiger partial charge in [0.05, 0.1) is 6.42 Å². The molecule has 0 saturated carbocycles. The minimum Gasteiger partial charge on any atom is -0.481 e. The van der Waals surface area contributed by atoms with Crippen molar-refractivity contribution in [1.29, 1.82) is 0 Å². The molecule has 0 spiro atoms. The summed E-state index contributed by atoms with van der Waals surface area (Å²) < 4.78 is 0. The second-order valence-corrected chi connectivity index (χ2v) is 4.74. The van der Waals surface area contributed by atoms with Crippen LogP contribution in [0.15, 0.2) is 96.7 Å². The van der Waals surface area contributed by atoms with Crippen LogP contribution >= 0.6 is 0 Å². The molecule has 0 aromatic carbocycles. The lowest BCUT2D eigenvalue weighted by Gasteiger charge is -1.87. The zero-order valence-electron chi connectivity index (χ0n) is 14.1. The average molecular weight is 324 g/mol. The zero-order valence-corrected chi connectivity index (χ0v) is 14.1. The molecule has 0 radical (unpaired) electrons. The maximum atomic E-state index is 11.0. The third-order valence-electron chi connectivity index (χ3n) is 2.66. The molecule has 0 bridgehead atoms. The molecule has 0 heterocycles. The van der Waals surface area contributed by atoms with Crippen molar-refractivity contribution < 1.29 is 14.7 Å². The van der Waals surface area contributed by atoms with E-state index >= 15 is 0 Å². The molecule has 0 aromatic heterocycles. The number of hydrogen-bond acceptors (Lipinski definition) is 2. The number of carboxylic acids is 1. The summed E-state index contributed by atoms with van der Waals surface area (Å²) >= 11 is 0. The molecule has 0 amide bonds. The summed E-state index contributed by atoms with van der Waals surface area (Å²) in [5.41, 5.74) is 0.733. The van der Waals surface area contributed by atoms with Crippen LogP contribution in [0.2, 0.25) is 0 Å². The molecule has 1 N–H and O–H groups in total. The Balaban J connectivity index is 4.00. The Labute approximate surface area is 144 Å². The van der Waals surface area contributed by atoms with Gasteiger partial charge < -0.3 is 5.11 Å². The molecule has 0 aromatic rings. The summed E-state index contributed by atoms with van der Waals surface area (Å²) in [4.78, 5) is 21.2. The van der Waals surface area contributed by atoms with Crippen LogP contribution in [0.3, 0.4) is 0 Å². The lowest BCUT2D eigenvalue weighted by atomic mass is 10.2. The van der Waals surface area contributed by atoms with E-state index in [0.29, 0.717) is 0 Å². The van der Waals surface area contributed by atoms with Gasteiger partial charge in [-0.05, 0) is 19.4 Å². The van der Waals surface area contributed by atoms with Crippen molar-refractivity contribution in [3.8, 4) is 0 Å². The predicted molar refractivity (Wildman–Crippen MR) is 101 cm³/mol. The third kappa shape index (κ3) is 15.4. The summed E-state index contributed by atoms with van der Waals surface area (Å²) in [5.74, 6) is -0.759. The number of rotatable bonds is 10. The van der Waals surface area contributed by atoms with Crippen molar-refractivity contribution in [3.63, 3.8) is 0 Å². The van der Waals surface area contributed by atoms with Gasteiger partial charge in [0.15, 0.2) is 5.78 Å². The molecule has 0 aliphatic heterocycles. The van der Waals surface area contributed by atoms with E-state index in [1.807, 2.05) is 66.8 Å². The highest BCUT2D eigenvalue weighted by atomic mass is 16.4. The fraction of sp³-hybridized carbons (Fsp3) is 0.143. The molecule has 0 aliphatic carbocycles. The third-order valence-corrected chi connectivity index (χ3v) is 2.66. The summed E-state index contributed by atoms with van der Waals surface area (Å²) in [6, 6.07) is 0. The van der Waals surface area contributed by atoms with E-state index in [4.69, 9.17) is 5.11 Å². The van der Waals surface area contributed by atoms with E-state index in [9.17, 15) is 9.59 Å². The molecule has 0 saturated heterocycles. The maximum absolute atomic E-state index is 11.0. The Kier molecular flexibility index (Phi) is 13.1. The van der Waals surface area contributed by atoms with Crippen LogP contribution < -0.4 is 0 Å². The number of carboxylic acid groups (broad SMARTS) is 1. The van der Waals surface area contributed by atoms with Crippen LogP contribution in [0.1, 0.15) is 20.3 Å². The number of Topliss-reactive ketones (excluding diaryl/α,β-unsaturated/α-hetero) is 1. The molecule has 3 heteroatoms. The molecule has 0 fully saturated rings. The minimum atomic E-state index is -0.836. The molecule has 24 heavy (non-hydrogen) atoms. The number of hydrogen-bond donors (Lipinski definition) is 1. The molecular formula is C21H24O3. The Morgan fingerprint density at radius 2 is 1.04 bits per heavy atom. The Hall–Kier alpha value is -2.94. The van der Waals surface area contributed by atoms with Gasteiger partial charge in [0.2, 0.25) is 0 Å². The second kappa shape index (κ2) is 15.0. The van der Waals surface area contributed by atoms with Crippen LogP contribution in [-0.4, -0.2) is 16.9 Å². The van der Waals surface area contributed by atoms with Gasteiger partial charge in [-0.3, -0.25) is 9.59 Å². The molecule has 3 nitrogen and oxygen atoms in total. The van der Waals surface area contributed by atoms with E-state index in [2.05, 4.69) is 0 Å². The topological polar surface area (TPSA) is 54.4 Å². The van der Waals surface area contributed by atoms with Crippen molar-refractivity contribution in [2.75, 3.05) is 0 Å². The number of carbonyl (C=O) groups is 2. The monoisotopic (exact) mass is 324 g/mol. The Bertz CT molecular complexity index is 621. The summed E-state index contributed by atoms with van der Waals surface area (Å²) in [6.07, 6.45) is 27.5. The summed E-state index contributed by atoms with van der Waals surface area (Å²) in [7, 11) is 0. The quantitative estimate of drug-likeness (QED) is 0.460. The lowest BCUT2D eigenvalue weighted by Crippen LogP contribution is -1.89. The standard InChI is InChI=1S/C21H24O3/c1-19(20(2)22)17-15-13-11-9-7-5-3-4-6-8-10-12-14-16-18-21(23)24/h3-17H,18H2,1-2H3,(H,23,24). The SMILES string of the molecule is CC(=O)C(C)=CC=CC=CC=CC=CC=CC=CC=CCC(=O)O. The summed E-state index contributed by atoms with van der Waals surface area (Å²) in [6.45, 7) is 3.33. The van der Waals surface area contributed by atoms with E-state index < -0.39 is 5.97 Å². The number of allylic oxidation sites excluding steroid dienone is 15. The van der Waals surface area contributed by atoms with Crippen molar-refractivity contribution in [1.82, 2.24) is 0 Å². The van der Waals surface area contributed by atoms with Crippen molar-refractivity contribution in [2.24, 2.45) is 0 Å². The predicted octanol–water partition coefficient (Wildman–Crippen LogP) is 4.89. The van der Waals surface area contributed by atoms with Crippen molar-refractivity contribution >= 4 is 11.8 Å². The molecular weight excluding hydrogens is 300 g/mol. The average Bonchev–Trinajstić information content (AvgIpc) is 2.53. The fourth-order valence-corrected chi connectivity index (χ4v) is 1.27. The lowest BCUT2D eigenvalue weighted by molar-refractivity contribution is -0.136. The molecule has 0 aliphatic rings. The van der Waals surface area contributed by atoms with Crippen molar-refractivity contribution in [2.45, 2.75) is 20.3 Å². The van der Waals surface area contributed by atoms with Crippen LogP contribution in [0.4, 0.5) is 0 Å². The Morgan fingerprint density at radius 3 is 1.42 bits per heavy atom. The van der Waals surface area contributed by atoms with Crippen LogP contribution in [0.5, 0.6) is 0 Å². The maximum Gasteiger partial charge on any atom is 0.307 e. The van der Waals surface area contributed by atoms with Gasteiger partial charge >= 0.3 is 5.97 Å². The normalized spacial score (nSPS) is 14.0. The van der Waals surface area contributed by atoms with E-state index in [0.717, 1.165) is 5.57 Å². The first-order chi connectivity index (χ1) is 11.5. The van der Waals surface area contributed by atoms with Crippen LogP contribution in [0, 0.1) is 0 Å². The fourth-order valence-electron chi connectivity index (χ4n) is 1.27. The van der Waals surface area contributed by atoms with Crippen LogP contribution in [0.25, 0.3) is 0 Å². The number of aliphatic carboxylic acids is 1. The van der Waals surface area contributed by atoms with Gasteiger partial charge in [0, 0.05) is 0 Å². The van der Waals surface area contributed by atoms with Gasteiger partial charge in [0.25, 0.3) is 0 Å². The Morgan fingerprint density at radius 1 is 0.667 bits per heavy atom. The number of carbonyl (C=O) groups excluding carboxylic acids is 1. The number of ketones is 1. The first-order valence-corrected chi connectivity index (χ1v) is 7.60. The minimum absolute atomic E-state index is 0.0358.